The Bertz CT molecular complexity index is 399. The van der Waals surface area contributed by atoms with Crippen molar-refractivity contribution < 1.29 is 4.79 Å². The molecule has 0 unspecified atom stereocenters. The maximum Gasteiger partial charge on any atom is 0.221 e. The van der Waals surface area contributed by atoms with Crippen LogP contribution in [0.3, 0.4) is 0 Å². The zero-order chi connectivity index (χ0) is 12.6. The molecule has 0 saturated heterocycles. The Morgan fingerprint density at radius 3 is 3.22 bits per heavy atom. The van der Waals surface area contributed by atoms with Crippen LogP contribution in [0.4, 0.5) is 0 Å². The molecule has 0 radical (unpaired) electrons. The predicted octanol–water partition coefficient (Wildman–Crippen LogP) is 0.0942. The van der Waals surface area contributed by atoms with E-state index in [-0.39, 0.29) is 5.91 Å². The summed E-state index contributed by atoms with van der Waals surface area (Å²) in [7, 11) is 0. The fourth-order valence-electron chi connectivity index (χ4n) is 1.92. The van der Waals surface area contributed by atoms with Crippen LogP contribution in [0.5, 0.6) is 0 Å². The highest BCUT2D eigenvalue weighted by Crippen LogP contribution is 2.07. The smallest absolute Gasteiger partial charge is 0.221 e. The van der Waals surface area contributed by atoms with Gasteiger partial charge in [0.2, 0.25) is 5.91 Å². The van der Waals surface area contributed by atoms with E-state index in [2.05, 4.69) is 27.0 Å². The van der Waals surface area contributed by atoms with Gasteiger partial charge in [-0.15, -0.1) is 5.10 Å². The molecule has 0 fully saturated rings. The molecule has 6 heteroatoms. The quantitative estimate of drug-likeness (QED) is 0.701. The molecule has 2 rings (SSSR count). The van der Waals surface area contributed by atoms with Crippen LogP contribution in [0.2, 0.25) is 0 Å². The molecular formula is C12H19N5O. The van der Waals surface area contributed by atoms with Gasteiger partial charge in [-0.3, -0.25) is 9.48 Å². The molecular weight excluding hydrogens is 230 g/mol. The second kappa shape index (κ2) is 6.90. The summed E-state index contributed by atoms with van der Waals surface area (Å²) in [5.74, 6) is 0.0695. The first-order valence-electron chi connectivity index (χ1n) is 6.34. The van der Waals surface area contributed by atoms with Crippen molar-refractivity contribution >= 4 is 5.91 Å². The molecule has 1 aromatic rings. The molecule has 0 bridgehead atoms. The summed E-state index contributed by atoms with van der Waals surface area (Å²) < 4.78 is 1.66. The van der Waals surface area contributed by atoms with Gasteiger partial charge < -0.3 is 10.6 Å². The second-order valence-electron chi connectivity index (χ2n) is 4.33. The van der Waals surface area contributed by atoms with E-state index < -0.39 is 0 Å². The molecule has 1 aromatic heterocycles. The molecule has 18 heavy (non-hydrogen) atoms. The van der Waals surface area contributed by atoms with Crippen molar-refractivity contribution in [2.24, 2.45) is 0 Å². The molecule has 1 aliphatic rings. The first-order valence-corrected chi connectivity index (χ1v) is 6.34. The van der Waals surface area contributed by atoms with Crippen LogP contribution in [-0.4, -0.2) is 40.5 Å². The van der Waals surface area contributed by atoms with E-state index in [0.717, 1.165) is 32.5 Å². The third-order valence-corrected chi connectivity index (χ3v) is 2.97. The predicted molar refractivity (Wildman–Crippen MR) is 67.8 cm³/mol. The number of nitrogens with zero attached hydrogens (tertiary/aromatic N) is 3. The van der Waals surface area contributed by atoms with E-state index in [0.29, 0.717) is 13.0 Å². The van der Waals surface area contributed by atoms with Crippen molar-refractivity contribution in [1.82, 2.24) is 25.6 Å². The third kappa shape index (κ3) is 4.29. The van der Waals surface area contributed by atoms with Gasteiger partial charge in [0, 0.05) is 25.7 Å². The third-order valence-electron chi connectivity index (χ3n) is 2.97. The van der Waals surface area contributed by atoms with E-state index in [1.807, 2.05) is 0 Å². The number of aryl methyl sites for hydroxylation is 1. The molecule has 0 aromatic carbocycles. The van der Waals surface area contributed by atoms with Crippen LogP contribution < -0.4 is 10.6 Å². The Morgan fingerprint density at radius 2 is 2.50 bits per heavy atom. The topological polar surface area (TPSA) is 71.8 Å². The van der Waals surface area contributed by atoms with Gasteiger partial charge in [0.25, 0.3) is 0 Å². The highest BCUT2D eigenvalue weighted by Gasteiger charge is 2.05. The maximum absolute atomic E-state index is 11.6. The van der Waals surface area contributed by atoms with Crippen molar-refractivity contribution in [3.8, 4) is 0 Å². The van der Waals surface area contributed by atoms with Gasteiger partial charge in [0.05, 0.1) is 12.7 Å². The minimum absolute atomic E-state index is 0.0695. The summed E-state index contributed by atoms with van der Waals surface area (Å²) in [4.78, 5) is 11.6. The lowest BCUT2D eigenvalue weighted by molar-refractivity contribution is -0.121. The summed E-state index contributed by atoms with van der Waals surface area (Å²) in [6.07, 6.45) is 8.08. The first-order chi connectivity index (χ1) is 8.84. The van der Waals surface area contributed by atoms with Crippen LogP contribution in [0.15, 0.2) is 24.0 Å². The molecule has 0 aliphatic carbocycles. The number of hydrogen-bond acceptors (Lipinski definition) is 4. The summed E-state index contributed by atoms with van der Waals surface area (Å²) in [5, 5.41) is 13.7. The molecule has 0 atom stereocenters. The monoisotopic (exact) mass is 249 g/mol. The van der Waals surface area contributed by atoms with Gasteiger partial charge in [-0.25, -0.2) is 0 Å². The number of amides is 1. The van der Waals surface area contributed by atoms with Crippen molar-refractivity contribution in [2.75, 3.05) is 19.6 Å². The van der Waals surface area contributed by atoms with Crippen molar-refractivity contribution in [1.29, 1.82) is 0 Å². The molecule has 2 N–H and O–H groups in total. The van der Waals surface area contributed by atoms with Gasteiger partial charge in [0.15, 0.2) is 0 Å². The molecule has 0 spiro atoms. The van der Waals surface area contributed by atoms with Gasteiger partial charge in [0.1, 0.15) is 0 Å². The Hall–Kier alpha value is -1.69. The van der Waals surface area contributed by atoms with Crippen molar-refractivity contribution in [3.63, 3.8) is 0 Å². The SMILES string of the molecule is O=C(CCn1ccnn1)NCCC1=CCNCC1. The van der Waals surface area contributed by atoms with Gasteiger partial charge >= 0.3 is 0 Å². The van der Waals surface area contributed by atoms with Gasteiger partial charge in [-0.1, -0.05) is 16.9 Å². The van der Waals surface area contributed by atoms with Gasteiger partial charge in [-0.05, 0) is 19.4 Å². The minimum Gasteiger partial charge on any atom is -0.356 e. The lowest BCUT2D eigenvalue weighted by Gasteiger charge is -2.14. The van der Waals surface area contributed by atoms with Crippen LogP contribution in [0, 0.1) is 0 Å². The number of nitrogens with one attached hydrogen (secondary N) is 2. The number of aromatic nitrogens is 3. The van der Waals surface area contributed by atoms with E-state index in [1.54, 1.807) is 17.1 Å². The molecule has 1 aliphatic heterocycles. The fourth-order valence-corrected chi connectivity index (χ4v) is 1.92. The summed E-state index contributed by atoms with van der Waals surface area (Å²) in [5.41, 5.74) is 1.44. The molecule has 0 saturated carbocycles. The summed E-state index contributed by atoms with van der Waals surface area (Å²) in [6.45, 7) is 3.31. The molecule has 1 amide bonds. The Balaban J connectivity index is 1.58. The highest BCUT2D eigenvalue weighted by atomic mass is 16.1. The Morgan fingerprint density at radius 1 is 1.56 bits per heavy atom. The van der Waals surface area contributed by atoms with Crippen LogP contribution in [-0.2, 0) is 11.3 Å². The van der Waals surface area contributed by atoms with Crippen molar-refractivity contribution in [3.05, 3.63) is 24.0 Å². The minimum atomic E-state index is 0.0695. The first kappa shape index (κ1) is 12.8. The van der Waals surface area contributed by atoms with E-state index in [1.165, 1.54) is 5.57 Å². The number of rotatable bonds is 6. The summed E-state index contributed by atoms with van der Waals surface area (Å²) in [6, 6.07) is 0. The zero-order valence-electron chi connectivity index (χ0n) is 10.4. The van der Waals surface area contributed by atoms with E-state index in [4.69, 9.17) is 0 Å². The fraction of sp³-hybridized carbons (Fsp3) is 0.583. The molecule has 98 valence electrons. The Labute approximate surface area is 106 Å². The van der Waals surface area contributed by atoms with Crippen LogP contribution in [0.1, 0.15) is 19.3 Å². The average molecular weight is 249 g/mol. The Kier molecular flexibility index (Phi) is 4.89. The van der Waals surface area contributed by atoms with Gasteiger partial charge in [-0.2, -0.15) is 0 Å². The van der Waals surface area contributed by atoms with E-state index >= 15 is 0 Å². The molecule has 2 heterocycles. The van der Waals surface area contributed by atoms with Crippen LogP contribution >= 0.6 is 0 Å². The van der Waals surface area contributed by atoms with E-state index in [9.17, 15) is 4.79 Å². The number of carbonyl (C=O) groups is 1. The zero-order valence-corrected chi connectivity index (χ0v) is 10.4. The normalized spacial score (nSPS) is 15.2. The lowest BCUT2D eigenvalue weighted by atomic mass is 10.1. The maximum atomic E-state index is 11.6. The van der Waals surface area contributed by atoms with Crippen molar-refractivity contribution in [2.45, 2.75) is 25.8 Å². The number of hydrogen-bond donors (Lipinski definition) is 2. The standard InChI is InChI=1S/C12H19N5O/c18-12(4-9-17-10-8-15-16-17)14-7-3-11-1-5-13-6-2-11/h1,8,10,13H,2-7,9H2,(H,14,18). The molecule has 6 nitrogen and oxygen atoms in total. The van der Waals surface area contributed by atoms with Crippen LogP contribution in [0.25, 0.3) is 0 Å². The average Bonchev–Trinajstić information content (AvgIpc) is 2.91. The number of carbonyl (C=O) groups excluding carboxylic acids is 1. The second-order valence-corrected chi connectivity index (χ2v) is 4.33. The lowest BCUT2D eigenvalue weighted by Crippen LogP contribution is -2.27. The highest BCUT2D eigenvalue weighted by molar-refractivity contribution is 5.75. The summed E-state index contributed by atoms with van der Waals surface area (Å²) >= 11 is 0. The largest absolute Gasteiger partial charge is 0.356 e.